The molecule has 0 radical (unpaired) electrons. The van der Waals surface area contributed by atoms with E-state index in [1.807, 2.05) is 30.1 Å². The second-order valence-electron chi connectivity index (χ2n) is 3.82. The summed E-state index contributed by atoms with van der Waals surface area (Å²) in [4.78, 5) is 4.34. The molecule has 0 aromatic carbocycles. The summed E-state index contributed by atoms with van der Waals surface area (Å²) in [6.07, 6.45) is 4.81. The largest absolute Gasteiger partial charge is 0.323 e. The Labute approximate surface area is 89.1 Å². The second-order valence-corrected chi connectivity index (χ2v) is 3.82. The van der Waals surface area contributed by atoms with E-state index >= 15 is 0 Å². The zero-order chi connectivity index (χ0) is 10.8. The predicted molar refractivity (Wildman–Crippen MR) is 60.4 cm³/mol. The standard InChI is InChI=1S/C11H16N4/c1-3-4-15-11-7-13-10(8(2)12)5-9(11)6-14-15/h5-8H,3-4,12H2,1-2H3. The van der Waals surface area contributed by atoms with Crippen LogP contribution in [0.5, 0.6) is 0 Å². The van der Waals surface area contributed by atoms with Gasteiger partial charge in [-0.25, -0.2) is 0 Å². The van der Waals surface area contributed by atoms with E-state index < -0.39 is 0 Å². The van der Waals surface area contributed by atoms with Gasteiger partial charge < -0.3 is 5.73 Å². The van der Waals surface area contributed by atoms with E-state index in [1.165, 1.54) is 0 Å². The maximum atomic E-state index is 5.78. The minimum atomic E-state index is -0.0241. The SMILES string of the molecule is CCCn1ncc2cc(C(C)N)ncc21. The lowest BCUT2D eigenvalue weighted by Gasteiger charge is -2.04. The first kappa shape index (κ1) is 10.1. The van der Waals surface area contributed by atoms with Gasteiger partial charge in [0.1, 0.15) is 0 Å². The molecule has 0 spiro atoms. The number of hydrogen-bond acceptors (Lipinski definition) is 3. The number of rotatable bonds is 3. The molecule has 0 saturated carbocycles. The van der Waals surface area contributed by atoms with Crippen LogP contribution in [0.1, 0.15) is 32.0 Å². The third kappa shape index (κ3) is 1.85. The van der Waals surface area contributed by atoms with Crippen molar-refractivity contribution in [2.75, 3.05) is 0 Å². The third-order valence-electron chi connectivity index (χ3n) is 2.45. The lowest BCUT2D eigenvalue weighted by molar-refractivity contribution is 0.621. The molecule has 80 valence electrons. The molecule has 1 atom stereocenters. The summed E-state index contributed by atoms with van der Waals surface area (Å²) in [7, 11) is 0. The van der Waals surface area contributed by atoms with Crippen molar-refractivity contribution in [1.82, 2.24) is 14.8 Å². The average molecular weight is 204 g/mol. The van der Waals surface area contributed by atoms with E-state index in [9.17, 15) is 0 Å². The summed E-state index contributed by atoms with van der Waals surface area (Å²) in [6.45, 7) is 5.00. The van der Waals surface area contributed by atoms with Crippen molar-refractivity contribution in [3.8, 4) is 0 Å². The monoisotopic (exact) mass is 204 g/mol. The Bertz CT molecular complexity index is 459. The molecule has 2 aromatic rings. The average Bonchev–Trinajstić information content (AvgIpc) is 2.61. The normalized spacial score (nSPS) is 13.3. The van der Waals surface area contributed by atoms with Crippen molar-refractivity contribution in [2.45, 2.75) is 32.9 Å². The molecule has 4 heteroatoms. The molecule has 0 fully saturated rings. The van der Waals surface area contributed by atoms with Crippen LogP contribution in [0.15, 0.2) is 18.5 Å². The van der Waals surface area contributed by atoms with Gasteiger partial charge in [0.25, 0.3) is 0 Å². The fraction of sp³-hybridized carbons (Fsp3) is 0.455. The highest BCUT2D eigenvalue weighted by molar-refractivity contribution is 5.78. The smallest absolute Gasteiger partial charge is 0.0865 e. The Morgan fingerprint density at radius 2 is 2.27 bits per heavy atom. The molecule has 2 heterocycles. The van der Waals surface area contributed by atoms with Crippen LogP contribution in [0.4, 0.5) is 0 Å². The summed E-state index contributed by atoms with van der Waals surface area (Å²) in [6, 6.07) is 1.99. The van der Waals surface area contributed by atoms with Crippen molar-refractivity contribution in [3.63, 3.8) is 0 Å². The van der Waals surface area contributed by atoms with E-state index in [0.29, 0.717) is 0 Å². The van der Waals surface area contributed by atoms with Crippen LogP contribution < -0.4 is 5.73 Å². The lowest BCUT2D eigenvalue weighted by atomic mass is 10.2. The van der Waals surface area contributed by atoms with Crippen molar-refractivity contribution in [1.29, 1.82) is 0 Å². The Morgan fingerprint density at radius 1 is 1.47 bits per heavy atom. The highest BCUT2D eigenvalue weighted by atomic mass is 15.3. The van der Waals surface area contributed by atoms with Gasteiger partial charge in [-0.1, -0.05) is 6.92 Å². The van der Waals surface area contributed by atoms with Crippen LogP contribution in [0.2, 0.25) is 0 Å². The fourth-order valence-electron chi connectivity index (χ4n) is 1.63. The molecule has 2 N–H and O–H groups in total. The van der Waals surface area contributed by atoms with Gasteiger partial charge in [0, 0.05) is 18.0 Å². The number of nitrogens with two attached hydrogens (primary N) is 1. The van der Waals surface area contributed by atoms with Crippen LogP contribution in [-0.2, 0) is 6.54 Å². The van der Waals surface area contributed by atoms with Crippen molar-refractivity contribution < 1.29 is 0 Å². The summed E-state index contributed by atoms with van der Waals surface area (Å²) < 4.78 is 1.98. The number of pyridine rings is 1. The zero-order valence-corrected chi connectivity index (χ0v) is 9.14. The summed E-state index contributed by atoms with van der Waals surface area (Å²) >= 11 is 0. The van der Waals surface area contributed by atoms with Crippen LogP contribution >= 0.6 is 0 Å². The van der Waals surface area contributed by atoms with Gasteiger partial charge in [-0.15, -0.1) is 0 Å². The number of aromatic nitrogens is 3. The topological polar surface area (TPSA) is 56.7 Å². The van der Waals surface area contributed by atoms with Gasteiger partial charge in [0.05, 0.1) is 23.6 Å². The first-order chi connectivity index (χ1) is 7.22. The molecule has 1 unspecified atom stereocenters. The minimum absolute atomic E-state index is 0.0241. The van der Waals surface area contributed by atoms with Crippen molar-refractivity contribution >= 4 is 10.9 Å². The lowest BCUT2D eigenvalue weighted by Crippen LogP contribution is -2.07. The molecule has 2 rings (SSSR count). The zero-order valence-electron chi connectivity index (χ0n) is 9.14. The van der Waals surface area contributed by atoms with E-state index in [1.54, 1.807) is 0 Å². The Balaban J connectivity index is 2.47. The van der Waals surface area contributed by atoms with E-state index in [4.69, 9.17) is 5.73 Å². The summed E-state index contributed by atoms with van der Waals surface area (Å²) in [5, 5.41) is 5.44. The highest BCUT2D eigenvalue weighted by Gasteiger charge is 2.06. The highest BCUT2D eigenvalue weighted by Crippen LogP contribution is 2.16. The molecular weight excluding hydrogens is 188 g/mol. The van der Waals surface area contributed by atoms with Crippen LogP contribution in [0.3, 0.4) is 0 Å². The van der Waals surface area contributed by atoms with Gasteiger partial charge >= 0.3 is 0 Å². The van der Waals surface area contributed by atoms with Crippen LogP contribution in [-0.4, -0.2) is 14.8 Å². The molecule has 15 heavy (non-hydrogen) atoms. The van der Waals surface area contributed by atoms with Crippen LogP contribution in [0, 0.1) is 0 Å². The molecule has 0 aliphatic carbocycles. The second kappa shape index (κ2) is 3.98. The third-order valence-corrected chi connectivity index (χ3v) is 2.45. The van der Waals surface area contributed by atoms with Gasteiger partial charge in [-0.05, 0) is 19.4 Å². The molecular formula is C11H16N4. The molecule has 4 nitrogen and oxygen atoms in total. The van der Waals surface area contributed by atoms with Gasteiger partial charge in [0.2, 0.25) is 0 Å². The van der Waals surface area contributed by atoms with E-state index in [-0.39, 0.29) is 6.04 Å². The summed E-state index contributed by atoms with van der Waals surface area (Å²) in [5.41, 5.74) is 7.78. The molecule has 0 saturated heterocycles. The summed E-state index contributed by atoms with van der Waals surface area (Å²) in [5.74, 6) is 0. The Morgan fingerprint density at radius 3 is 2.93 bits per heavy atom. The molecule has 0 aliphatic rings. The molecule has 0 amide bonds. The first-order valence-corrected chi connectivity index (χ1v) is 5.29. The Hall–Kier alpha value is -1.42. The number of aryl methyl sites for hydroxylation is 1. The molecule has 0 bridgehead atoms. The van der Waals surface area contributed by atoms with Crippen molar-refractivity contribution in [3.05, 3.63) is 24.2 Å². The maximum absolute atomic E-state index is 5.78. The van der Waals surface area contributed by atoms with E-state index in [0.717, 1.165) is 29.6 Å². The molecule has 2 aromatic heterocycles. The Kier molecular flexibility index (Phi) is 2.68. The predicted octanol–water partition coefficient (Wildman–Crippen LogP) is 1.86. The number of nitrogens with zero attached hydrogens (tertiary/aromatic N) is 3. The van der Waals surface area contributed by atoms with Crippen LogP contribution in [0.25, 0.3) is 10.9 Å². The number of hydrogen-bond donors (Lipinski definition) is 1. The van der Waals surface area contributed by atoms with Gasteiger partial charge in [-0.2, -0.15) is 5.10 Å². The van der Waals surface area contributed by atoms with Crippen molar-refractivity contribution in [2.24, 2.45) is 5.73 Å². The van der Waals surface area contributed by atoms with Gasteiger partial charge in [-0.3, -0.25) is 9.67 Å². The number of fused-ring (bicyclic) bond motifs is 1. The maximum Gasteiger partial charge on any atom is 0.0865 e. The first-order valence-electron chi connectivity index (χ1n) is 5.29. The fourth-order valence-corrected chi connectivity index (χ4v) is 1.63. The van der Waals surface area contributed by atoms with E-state index in [2.05, 4.69) is 17.0 Å². The molecule has 0 aliphatic heterocycles. The quantitative estimate of drug-likeness (QED) is 0.830. The minimum Gasteiger partial charge on any atom is -0.323 e. The van der Waals surface area contributed by atoms with Gasteiger partial charge in [0.15, 0.2) is 0 Å².